The van der Waals surface area contributed by atoms with E-state index in [1.54, 1.807) is 19.1 Å². The van der Waals surface area contributed by atoms with Crippen molar-refractivity contribution in [3.8, 4) is 0 Å². The summed E-state index contributed by atoms with van der Waals surface area (Å²) in [6, 6.07) is 6.73. The molecule has 0 aromatic heterocycles. The molecule has 1 rings (SSSR count). The Labute approximate surface area is 95.9 Å². The van der Waals surface area contributed by atoms with Gasteiger partial charge in [-0.3, -0.25) is 4.79 Å². The van der Waals surface area contributed by atoms with Crippen LogP contribution < -0.4 is 5.32 Å². The summed E-state index contributed by atoms with van der Waals surface area (Å²) in [5.74, 6) is -0.0729. The third kappa shape index (κ3) is 4.11. The Morgan fingerprint density at radius 3 is 2.69 bits per heavy atom. The Morgan fingerprint density at radius 1 is 1.44 bits per heavy atom. The molecule has 3 heteroatoms. The summed E-state index contributed by atoms with van der Waals surface area (Å²) in [4.78, 5) is 11.1. The van der Waals surface area contributed by atoms with Gasteiger partial charge in [0.2, 0.25) is 0 Å². The van der Waals surface area contributed by atoms with Gasteiger partial charge in [-0.2, -0.15) is 0 Å². The predicted octanol–water partition coefficient (Wildman–Crippen LogP) is 2.33. The SMILES string of the molecule is CCNC(CC(C)=O)Cc1ccccc1F. The molecule has 0 aliphatic rings. The van der Waals surface area contributed by atoms with Crippen LogP contribution in [-0.4, -0.2) is 18.4 Å². The van der Waals surface area contributed by atoms with Crippen molar-refractivity contribution in [1.29, 1.82) is 0 Å². The molecule has 0 aliphatic heterocycles. The van der Waals surface area contributed by atoms with E-state index in [9.17, 15) is 9.18 Å². The number of benzene rings is 1. The number of likely N-dealkylation sites (N-methyl/N-ethyl adjacent to an activating group) is 1. The van der Waals surface area contributed by atoms with Crippen molar-refractivity contribution in [3.63, 3.8) is 0 Å². The quantitative estimate of drug-likeness (QED) is 0.802. The summed E-state index contributed by atoms with van der Waals surface area (Å²) in [6.45, 7) is 4.33. The van der Waals surface area contributed by atoms with Gasteiger partial charge in [-0.25, -0.2) is 4.39 Å². The number of Topliss-reactive ketones (excluding diaryl/α,β-unsaturated/α-hetero) is 1. The van der Waals surface area contributed by atoms with E-state index in [1.807, 2.05) is 13.0 Å². The number of hydrogen-bond donors (Lipinski definition) is 1. The number of nitrogens with one attached hydrogen (secondary N) is 1. The zero-order chi connectivity index (χ0) is 12.0. The van der Waals surface area contributed by atoms with Crippen LogP contribution in [0.3, 0.4) is 0 Å². The van der Waals surface area contributed by atoms with Crippen LogP contribution in [0.25, 0.3) is 0 Å². The van der Waals surface area contributed by atoms with Gasteiger partial charge in [0, 0.05) is 12.5 Å². The molecule has 0 spiro atoms. The summed E-state index contributed by atoms with van der Waals surface area (Å²) < 4.78 is 13.4. The van der Waals surface area contributed by atoms with E-state index < -0.39 is 0 Å². The average Bonchev–Trinajstić information content (AvgIpc) is 2.21. The summed E-state index contributed by atoms with van der Waals surface area (Å²) in [6.07, 6.45) is 1.00. The minimum Gasteiger partial charge on any atom is -0.313 e. The second kappa shape index (κ2) is 6.38. The predicted molar refractivity (Wildman–Crippen MR) is 62.9 cm³/mol. The van der Waals surface area contributed by atoms with Gasteiger partial charge in [0.25, 0.3) is 0 Å². The van der Waals surface area contributed by atoms with Crippen molar-refractivity contribution in [2.45, 2.75) is 32.7 Å². The van der Waals surface area contributed by atoms with Gasteiger partial charge in [0.1, 0.15) is 11.6 Å². The summed E-state index contributed by atoms with van der Waals surface area (Å²) in [5.41, 5.74) is 0.662. The smallest absolute Gasteiger partial charge is 0.131 e. The Balaban J connectivity index is 2.67. The molecule has 1 aromatic carbocycles. The van der Waals surface area contributed by atoms with Crippen LogP contribution in [0.5, 0.6) is 0 Å². The minimum absolute atomic E-state index is 0.0272. The molecule has 0 amide bonds. The number of carbonyl (C=O) groups is 1. The van der Waals surface area contributed by atoms with E-state index >= 15 is 0 Å². The topological polar surface area (TPSA) is 29.1 Å². The monoisotopic (exact) mass is 223 g/mol. The maximum Gasteiger partial charge on any atom is 0.131 e. The maximum absolute atomic E-state index is 13.4. The molecule has 0 aliphatic carbocycles. The highest BCUT2D eigenvalue weighted by molar-refractivity contribution is 5.76. The molecule has 0 saturated carbocycles. The van der Waals surface area contributed by atoms with E-state index in [0.29, 0.717) is 18.4 Å². The maximum atomic E-state index is 13.4. The van der Waals surface area contributed by atoms with E-state index in [0.717, 1.165) is 6.54 Å². The first-order chi connectivity index (χ1) is 7.63. The van der Waals surface area contributed by atoms with E-state index in [-0.39, 0.29) is 17.6 Å². The Kier molecular flexibility index (Phi) is 5.12. The zero-order valence-corrected chi connectivity index (χ0v) is 9.79. The van der Waals surface area contributed by atoms with E-state index in [1.165, 1.54) is 6.07 Å². The van der Waals surface area contributed by atoms with Crippen LogP contribution in [0, 0.1) is 5.82 Å². The van der Waals surface area contributed by atoms with Crippen LogP contribution in [0.2, 0.25) is 0 Å². The lowest BCUT2D eigenvalue weighted by molar-refractivity contribution is -0.117. The number of hydrogen-bond acceptors (Lipinski definition) is 2. The highest BCUT2D eigenvalue weighted by Gasteiger charge is 2.12. The molecule has 0 saturated heterocycles. The highest BCUT2D eigenvalue weighted by Crippen LogP contribution is 2.11. The second-order valence-corrected chi connectivity index (χ2v) is 3.96. The molecule has 0 fully saturated rings. The third-order valence-electron chi connectivity index (χ3n) is 2.45. The van der Waals surface area contributed by atoms with Gasteiger partial charge in [-0.15, -0.1) is 0 Å². The molecular formula is C13H18FNO. The lowest BCUT2D eigenvalue weighted by atomic mass is 10.0. The molecule has 88 valence electrons. The molecular weight excluding hydrogens is 205 g/mol. The van der Waals surface area contributed by atoms with Crippen molar-refractivity contribution in [2.75, 3.05) is 6.54 Å². The lowest BCUT2D eigenvalue weighted by Crippen LogP contribution is -2.33. The van der Waals surface area contributed by atoms with Crippen LogP contribution in [-0.2, 0) is 11.2 Å². The van der Waals surface area contributed by atoms with Crippen molar-refractivity contribution in [1.82, 2.24) is 5.32 Å². The Morgan fingerprint density at radius 2 is 2.12 bits per heavy atom. The van der Waals surface area contributed by atoms with E-state index in [2.05, 4.69) is 5.32 Å². The fraction of sp³-hybridized carbons (Fsp3) is 0.462. The number of carbonyl (C=O) groups excluding carboxylic acids is 1. The molecule has 0 heterocycles. The first-order valence-electron chi connectivity index (χ1n) is 5.59. The molecule has 1 atom stereocenters. The fourth-order valence-corrected chi connectivity index (χ4v) is 1.78. The molecule has 1 unspecified atom stereocenters. The van der Waals surface area contributed by atoms with Crippen molar-refractivity contribution < 1.29 is 9.18 Å². The van der Waals surface area contributed by atoms with Gasteiger partial charge >= 0.3 is 0 Å². The highest BCUT2D eigenvalue weighted by atomic mass is 19.1. The summed E-state index contributed by atoms with van der Waals surface area (Å²) >= 11 is 0. The van der Waals surface area contributed by atoms with Crippen molar-refractivity contribution in [2.24, 2.45) is 0 Å². The third-order valence-corrected chi connectivity index (χ3v) is 2.45. The minimum atomic E-state index is -0.200. The first-order valence-corrected chi connectivity index (χ1v) is 5.59. The number of ketones is 1. The molecule has 2 nitrogen and oxygen atoms in total. The number of halogens is 1. The van der Waals surface area contributed by atoms with Crippen molar-refractivity contribution >= 4 is 5.78 Å². The first kappa shape index (κ1) is 12.8. The van der Waals surface area contributed by atoms with Gasteiger partial charge in [-0.05, 0) is 31.5 Å². The van der Waals surface area contributed by atoms with Crippen LogP contribution in [0.15, 0.2) is 24.3 Å². The van der Waals surface area contributed by atoms with Gasteiger partial charge in [0.15, 0.2) is 0 Å². The average molecular weight is 223 g/mol. The van der Waals surface area contributed by atoms with Crippen LogP contribution in [0.1, 0.15) is 25.8 Å². The fourth-order valence-electron chi connectivity index (χ4n) is 1.78. The second-order valence-electron chi connectivity index (χ2n) is 3.96. The van der Waals surface area contributed by atoms with Crippen LogP contribution in [0.4, 0.5) is 4.39 Å². The zero-order valence-electron chi connectivity index (χ0n) is 9.79. The van der Waals surface area contributed by atoms with Crippen molar-refractivity contribution in [3.05, 3.63) is 35.6 Å². The van der Waals surface area contributed by atoms with Crippen LogP contribution >= 0.6 is 0 Å². The summed E-state index contributed by atoms with van der Waals surface area (Å²) in [7, 11) is 0. The molecule has 16 heavy (non-hydrogen) atoms. The normalized spacial score (nSPS) is 12.4. The molecule has 1 N–H and O–H groups in total. The molecule has 0 radical (unpaired) electrons. The number of rotatable bonds is 6. The Bertz CT molecular complexity index is 352. The molecule has 1 aromatic rings. The van der Waals surface area contributed by atoms with Gasteiger partial charge < -0.3 is 5.32 Å². The standard InChI is InChI=1S/C13H18FNO/c1-3-15-12(8-10(2)16)9-11-6-4-5-7-13(11)14/h4-7,12,15H,3,8-9H2,1-2H3. The largest absolute Gasteiger partial charge is 0.313 e. The molecule has 0 bridgehead atoms. The lowest BCUT2D eigenvalue weighted by Gasteiger charge is -2.16. The van der Waals surface area contributed by atoms with Gasteiger partial charge in [0.05, 0.1) is 0 Å². The van der Waals surface area contributed by atoms with E-state index in [4.69, 9.17) is 0 Å². The van der Waals surface area contributed by atoms with Gasteiger partial charge in [-0.1, -0.05) is 25.1 Å². The summed E-state index contributed by atoms with van der Waals surface area (Å²) in [5, 5.41) is 3.20. The Hall–Kier alpha value is -1.22.